The fourth-order valence-electron chi connectivity index (χ4n) is 2.50. The van der Waals surface area contributed by atoms with Crippen LogP contribution >= 0.6 is 23.6 Å². The third-order valence-electron chi connectivity index (χ3n) is 3.61. The number of hydrogen-bond donors (Lipinski definition) is 1. The van der Waals surface area contributed by atoms with Gasteiger partial charge in [0, 0.05) is 17.4 Å². The van der Waals surface area contributed by atoms with E-state index in [9.17, 15) is 15.0 Å². The van der Waals surface area contributed by atoms with Gasteiger partial charge in [-0.25, -0.2) is 0 Å². The summed E-state index contributed by atoms with van der Waals surface area (Å²) in [4.78, 5) is 15.7. The largest absolute Gasteiger partial charge is 0.548 e. The van der Waals surface area contributed by atoms with Gasteiger partial charge in [0.25, 0.3) is 0 Å². The van der Waals surface area contributed by atoms with Crippen LogP contribution < -0.4 is 5.11 Å². The molecule has 23 heavy (non-hydrogen) atoms. The first kappa shape index (κ1) is 15.6. The Balaban J connectivity index is 2.05. The Bertz CT molecular complexity index is 907. The number of hydrogen-bond acceptors (Lipinski definition) is 6. The van der Waals surface area contributed by atoms with E-state index in [0.29, 0.717) is 4.88 Å². The quantitative estimate of drug-likeness (QED) is 0.864. The van der Waals surface area contributed by atoms with E-state index in [1.807, 2.05) is 18.2 Å². The molecule has 5 nitrogen and oxygen atoms in total. The number of nitrogens with zero attached hydrogens (tertiary/aromatic N) is 2. The normalized spacial score (nSPS) is 14.4. The van der Waals surface area contributed by atoms with E-state index in [1.165, 1.54) is 0 Å². The van der Waals surface area contributed by atoms with Crippen LogP contribution in [0, 0.1) is 3.95 Å². The van der Waals surface area contributed by atoms with E-state index in [-0.39, 0.29) is 9.83 Å². The first-order chi connectivity index (χ1) is 11.0. The number of allylic oxidation sites excluding steroid dienone is 1. The second-order valence-electron chi connectivity index (χ2n) is 5.04. The average Bonchev–Trinajstić information content (AvgIpc) is 3.04. The zero-order chi connectivity index (χ0) is 16.6. The van der Waals surface area contributed by atoms with E-state index in [2.05, 4.69) is 11.9 Å². The van der Waals surface area contributed by atoms with Gasteiger partial charge in [0.1, 0.15) is 0 Å². The number of aromatic hydroxyl groups is 1. The molecule has 1 aliphatic heterocycles. The van der Waals surface area contributed by atoms with Gasteiger partial charge in [-0.2, -0.15) is 0 Å². The average molecular weight is 345 g/mol. The third kappa shape index (κ3) is 2.85. The molecule has 0 atom stereocenters. The number of carboxylic acid groups (broad SMARTS) is 1. The number of aliphatic imine (C=N–C) groups is 1. The van der Waals surface area contributed by atoms with Crippen LogP contribution in [0.2, 0.25) is 0 Å². The number of aryl methyl sites for hydroxylation is 1. The van der Waals surface area contributed by atoms with E-state index >= 15 is 0 Å². The van der Waals surface area contributed by atoms with E-state index < -0.39 is 12.5 Å². The first-order valence-electron chi connectivity index (χ1n) is 7.01. The van der Waals surface area contributed by atoms with Crippen LogP contribution in [-0.2, 0) is 17.8 Å². The predicted molar refractivity (Wildman–Crippen MR) is 91.7 cm³/mol. The highest BCUT2D eigenvalue weighted by molar-refractivity contribution is 7.73. The number of rotatable bonds is 4. The van der Waals surface area contributed by atoms with Crippen molar-refractivity contribution in [3.05, 3.63) is 38.2 Å². The standard InChI is InChI=1S/C16H14N2O3S2/c1-2-9-4-3-5-11-10(7-17-14(9)11)6-12-15(21)18(8-13(19)20)16(22)23-12/h3-7,21H,2,8H2,1H3,(H,19,20)/p-1/b10-6+. The Hall–Kier alpha value is -2.25. The van der Waals surface area contributed by atoms with E-state index in [4.69, 9.17) is 12.2 Å². The number of carbonyl (C=O) groups is 1. The van der Waals surface area contributed by atoms with Crippen molar-refractivity contribution in [1.82, 2.24) is 4.57 Å². The lowest BCUT2D eigenvalue weighted by Gasteiger charge is -2.05. The zero-order valence-electron chi connectivity index (χ0n) is 12.3. The van der Waals surface area contributed by atoms with Gasteiger partial charge in [-0.1, -0.05) is 25.1 Å². The fourth-order valence-corrected chi connectivity index (χ4v) is 3.76. The molecule has 7 heteroatoms. The lowest BCUT2D eigenvalue weighted by Crippen LogP contribution is -2.27. The predicted octanol–water partition coefficient (Wildman–Crippen LogP) is 2.55. The van der Waals surface area contributed by atoms with Gasteiger partial charge in [-0.3, -0.25) is 9.56 Å². The second kappa shape index (κ2) is 6.10. The Morgan fingerprint density at radius 1 is 1.52 bits per heavy atom. The van der Waals surface area contributed by atoms with Crippen LogP contribution in [0.4, 0.5) is 5.69 Å². The van der Waals surface area contributed by atoms with Crippen molar-refractivity contribution in [2.75, 3.05) is 0 Å². The maximum Gasteiger partial charge on any atom is 0.211 e. The van der Waals surface area contributed by atoms with Crippen molar-refractivity contribution in [2.24, 2.45) is 4.99 Å². The molecule has 0 radical (unpaired) electrons. The molecule has 0 saturated carbocycles. The summed E-state index contributed by atoms with van der Waals surface area (Å²) in [6.45, 7) is 1.61. The molecule has 2 aromatic rings. The summed E-state index contributed by atoms with van der Waals surface area (Å²) < 4.78 is 1.44. The molecule has 3 rings (SSSR count). The molecular weight excluding hydrogens is 332 g/mol. The van der Waals surface area contributed by atoms with Crippen molar-refractivity contribution >= 4 is 53.1 Å². The summed E-state index contributed by atoms with van der Waals surface area (Å²) in [7, 11) is 0. The van der Waals surface area contributed by atoms with Crippen molar-refractivity contribution in [1.29, 1.82) is 0 Å². The summed E-state index contributed by atoms with van der Waals surface area (Å²) in [6.07, 6.45) is 4.41. The van der Waals surface area contributed by atoms with Crippen LogP contribution in [0.15, 0.2) is 23.2 Å². The monoisotopic (exact) mass is 345 g/mol. The van der Waals surface area contributed by atoms with Gasteiger partial charge in [0.2, 0.25) is 5.88 Å². The number of benzene rings is 1. The molecule has 1 aromatic carbocycles. The van der Waals surface area contributed by atoms with Crippen LogP contribution in [-0.4, -0.2) is 21.9 Å². The lowest BCUT2D eigenvalue weighted by molar-refractivity contribution is -0.306. The molecule has 0 fully saturated rings. The van der Waals surface area contributed by atoms with Crippen molar-refractivity contribution in [3.8, 4) is 5.88 Å². The van der Waals surface area contributed by atoms with Crippen LogP contribution in [0.25, 0.3) is 11.6 Å². The first-order valence-corrected chi connectivity index (χ1v) is 8.24. The lowest BCUT2D eigenvalue weighted by atomic mass is 10.0. The van der Waals surface area contributed by atoms with Crippen molar-refractivity contribution in [2.45, 2.75) is 19.9 Å². The van der Waals surface area contributed by atoms with Crippen molar-refractivity contribution in [3.63, 3.8) is 0 Å². The molecule has 0 amide bonds. The smallest absolute Gasteiger partial charge is 0.211 e. The minimum atomic E-state index is -1.30. The summed E-state index contributed by atoms with van der Waals surface area (Å²) in [6, 6.07) is 5.99. The molecule has 0 aliphatic carbocycles. The minimum Gasteiger partial charge on any atom is -0.548 e. The highest BCUT2D eigenvalue weighted by Gasteiger charge is 2.17. The topological polar surface area (TPSA) is 77.7 Å². The van der Waals surface area contributed by atoms with Crippen LogP contribution in [0.5, 0.6) is 5.88 Å². The summed E-state index contributed by atoms with van der Waals surface area (Å²) in [5, 5.41) is 20.9. The number of carbonyl (C=O) groups excluding carboxylic acids is 1. The molecule has 0 bridgehead atoms. The number of carboxylic acids is 1. The number of thiazole rings is 1. The molecule has 0 unspecified atom stereocenters. The minimum absolute atomic E-state index is 0.162. The zero-order valence-corrected chi connectivity index (χ0v) is 13.9. The Kier molecular flexibility index (Phi) is 4.14. The molecule has 1 N–H and O–H groups in total. The number of fused-ring (bicyclic) bond motifs is 1. The van der Waals surface area contributed by atoms with Gasteiger partial charge in [0.05, 0.1) is 23.1 Å². The molecule has 1 aliphatic rings. The molecule has 2 heterocycles. The molecule has 0 spiro atoms. The Morgan fingerprint density at radius 2 is 2.30 bits per heavy atom. The molecule has 1 aromatic heterocycles. The number of aromatic nitrogens is 1. The fraction of sp³-hybridized carbons (Fsp3) is 0.188. The third-order valence-corrected chi connectivity index (χ3v) is 5.00. The highest BCUT2D eigenvalue weighted by atomic mass is 32.1. The Morgan fingerprint density at radius 3 is 3.00 bits per heavy atom. The van der Waals surface area contributed by atoms with Crippen LogP contribution in [0.1, 0.15) is 22.9 Å². The SMILES string of the molecule is CCc1cccc2c1N=C/C2=C\c1sc(=S)n(CC(=O)[O-])c1O. The van der Waals surface area contributed by atoms with Gasteiger partial charge in [0.15, 0.2) is 3.95 Å². The molecular formula is C16H13N2O3S2-. The summed E-state index contributed by atoms with van der Waals surface area (Å²) in [5.74, 6) is -1.46. The second-order valence-corrected chi connectivity index (χ2v) is 6.71. The number of aliphatic carboxylic acids is 1. The Labute approximate surface area is 141 Å². The van der Waals surface area contributed by atoms with Crippen molar-refractivity contribution < 1.29 is 15.0 Å². The molecule has 0 saturated heterocycles. The summed E-state index contributed by atoms with van der Waals surface area (Å²) in [5.41, 5.74) is 3.96. The van der Waals surface area contributed by atoms with Crippen LogP contribution in [0.3, 0.4) is 0 Å². The van der Waals surface area contributed by atoms with E-state index in [1.54, 1.807) is 12.3 Å². The number of para-hydroxylation sites is 1. The molecule has 118 valence electrons. The summed E-state index contributed by atoms with van der Waals surface area (Å²) >= 11 is 6.26. The maximum atomic E-state index is 10.7. The van der Waals surface area contributed by atoms with Gasteiger partial charge < -0.3 is 15.0 Å². The van der Waals surface area contributed by atoms with Gasteiger partial charge in [-0.15, -0.1) is 11.3 Å². The maximum absolute atomic E-state index is 10.7. The van der Waals surface area contributed by atoms with Gasteiger partial charge >= 0.3 is 0 Å². The van der Waals surface area contributed by atoms with Gasteiger partial charge in [-0.05, 0) is 30.3 Å². The highest BCUT2D eigenvalue weighted by Crippen LogP contribution is 2.38. The van der Waals surface area contributed by atoms with E-state index in [0.717, 1.165) is 44.7 Å².